The van der Waals surface area contributed by atoms with Crippen LogP contribution in [0.1, 0.15) is 31.4 Å². The van der Waals surface area contributed by atoms with Crippen LogP contribution in [0, 0.1) is 5.82 Å². The van der Waals surface area contributed by atoms with Gasteiger partial charge in [0.05, 0.1) is 12.5 Å². The maximum absolute atomic E-state index is 13.6. The minimum absolute atomic E-state index is 0.289. The Morgan fingerprint density at radius 1 is 1.29 bits per heavy atom. The van der Waals surface area contributed by atoms with Gasteiger partial charge in [0.2, 0.25) is 5.91 Å². The molecule has 0 saturated heterocycles. The highest BCUT2D eigenvalue weighted by Gasteiger charge is 2.21. The smallest absolute Gasteiger partial charge is 0.324 e. The van der Waals surface area contributed by atoms with Crippen LogP contribution in [0.25, 0.3) is 0 Å². The van der Waals surface area contributed by atoms with Crippen LogP contribution < -0.4 is 5.32 Å². The lowest BCUT2D eigenvalue weighted by Gasteiger charge is -2.25. The number of amides is 3. The number of hydrogen-bond donors (Lipinski definition) is 2. The average molecular weight is 296 g/mol. The second kappa shape index (κ2) is 7.37. The summed E-state index contributed by atoms with van der Waals surface area (Å²) in [5.74, 6) is -2.25. The first-order chi connectivity index (χ1) is 9.82. The Morgan fingerprint density at radius 2 is 1.90 bits per heavy atom. The van der Waals surface area contributed by atoms with E-state index < -0.39 is 29.8 Å². The van der Waals surface area contributed by atoms with Crippen LogP contribution in [0.2, 0.25) is 0 Å². The van der Waals surface area contributed by atoms with Crippen molar-refractivity contribution in [2.24, 2.45) is 0 Å². The summed E-state index contributed by atoms with van der Waals surface area (Å²) in [4.78, 5) is 34.8. The van der Waals surface area contributed by atoms with Crippen LogP contribution in [0.15, 0.2) is 24.3 Å². The molecule has 0 aliphatic heterocycles. The number of benzene rings is 1. The van der Waals surface area contributed by atoms with E-state index in [2.05, 4.69) is 5.32 Å². The Morgan fingerprint density at radius 3 is 2.48 bits per heavy atom. The van der Waals surface area contributed by atoms with Crippen LogP contribution in [0.5, 0.6) is 0 Å². The molecule has 0 aromatic heterocycles. The Kier molecular flexibility index (Phi) is 5.83. The SMILES string of the molecule is CC(c1ccccc1F)N(C)C(=O)NC(=O)CCC(=O)O. The summed E-state index contributed by atoms with van der Waals surface area (Å²) in [5, 5.41) is 10.5. The van der Waals surface area contributed by atoms with Crippen molar-refractivity contribution >= 4 is 17.9 Å². The molecule has 2 N–H and O–H groups in total. The first kappa shape index (κ1) is 16.6. The molecule has 7 heteroatoms. The van der Waals surface area contributed by atoms with E-state index in [1.165, 1.54) is 18.0 Å². The van der Waals surface area contributed by atoms with Gasteiger partial charge in [0.15, 0.2) is 0 Å². The molecule has 1 atom stereocenters. The standard InChI is InChI=1S/C14H17FN2O4/c1-9(10-5-3-4-6-11(10)15)17(2)14(21)16-12(18)7-8-13(19)20/h3-6,9H,7-8H2,1-2H3,(H,19,20)(H,16,18,21). The third-order valence-corrected chi connectivity index (χ3v) is 3.07. The number of aliphatic carboxylic acids is 1. The summed E-state index contributed by atoms with van der Waals surface area (Å²) in [5.41, 5.74) is 0.327. The zero-order valence-corrected chi connectivity index (χ0v) is 11.8. The van der Waals surface area contributed by atoms with Crippen LogP contribution in [0.4, 0.5) is 9.18 Å². The molecule has 1 rings (SSSR count). The first-order valence-electron chi connectivity index (χ1n) is 6.35. The van der Waals surface area contributed by atoms with Gasteiger partial charge in [-0.25, -0.2) is 9.18 Å². The highest BCUT2D eigenvalue weighted by atomic mass is 19.1. The quantitative estimate of drug-likeness (QED) is 0.869. The van der Waals surface area contributed by atoms with E-state index in [9.17, 15) is 18.8 Å². The Balaban J connectivity index is 2.64. The van der Waals surface area contributed by atoms with Crippen LogP contribution in [-0.2, 0) is 9.59 Å². The van der Waals surface area contributed by atoms with Gasteiger partial charge in [-0.1, -0.05) is 18.2 Å². The molecule has 0 bridgehead atoms. The molecule has 1 unspecified atom stereocenters. The number of nitrogens with zero attached hydrogens (tertiary/aromatic N) is 1. The third-order valence-electron chi connectivity index (χ3n) is 3.07. The van der Waals surface area contributed by atoms with E-state index in [1.54, 1.807) is 25.1 Å². The number of rotatable bonds is 5. The maximum Gasteiger partial charge on any atom is 0.324 e. The fourth-order valence-corrected chi connectivity index (χ4v) is 1.69. The second-order valence-corrected chi connectivity index (χ2v) is 4.56. The number of urea groups is 1. The predicted molar refractivity (Wildman–Crippen MR) is 73.0 cm³/mol. The van der Waals surface area contributed by atoms with E-state index in [0.29, 0.717) is 5.56 Å². The number of nitrogens with one attached hydrogen (secondary N) is 1. The van der Waals surface area contributed by atoms with Crippen molar-refractivity contribution < 1.29 is 23.9 Å². The maximum atomic E-state index is 13.6. The van der Waals surface area contributed by atoms with Crippen molar-refractivity contribution in [2.45, 2.75) is 25.8 Å². The molecule has 1 aromatic rings. The molecule has 0 aliphatic rings. The highest BCUT2D eigenvalue weighted by molar-refractivity contribution is 5.95. The molecule has 0 heterocycles. The zero-order chi connectivity index (χ0) is 16.0. The van der Waals surface area contributed by atoms with Gasteiger partial charge < -0.3 is 10.0 Å². The summed E-state index contributed by atoms with van der Waals surface area (Å²) in [6.07, 6.45) is -0.644. The number of carboxylic acids is 1. The number of carbonyl (C=O) groups excluding carboxylic acids is 2. The minimum atomic E-state index is -1.12. The fraction of sp³-hybridized carbons (Fsp3) is 0.357. The van der Waals surface area contributed by atoms with Crippen molar-refractivity contribution in [3.05, 3.63) is 35.6 Å². The van der Waals surface area contributed by atoms with E-state index in [4.69, 9.17) is 5.11 Å². The molecule has 0 saturated carbocycles. The van der Waals surface area contributed by atoms with E-state index in [1.807, 2.05) is 0 Å². The van der Waals surface area contributed by atoms with Crippen molar-refractivity contribution in [1.82, 2.24) is 10.2 Å². The minimum Gasteiger partial charge on any atom is -0.481 e. The van der Waals surface area contributed by atoms with Crippen molar-refractivity contribution in [1.29, 1.82) is 0 Å². The van der Waals surface area contributed by atoms with Crippen LogP contribution >= 0.6 is 0 Å². The van der Waals surface area contributed by atoms with Crippen molar-refractivity contribution in [3.8, 4) is 0 Å². The number of imide groups is 1. The average Bonchev–Trinajstić information content (AvgIpc) is 2.44. The number of carbonyl (C=O) groups is 3. The molecule has 3 amide bonds. The zero-order valence-electron chi connectivity index (χ0n) is 11.8. The van der Waals surface area contributed by atoms with Gasteiger partial charge in [-0.3, -0.25) is 14.9 Å². The largest absolute Gasteiger partial charge is 0.481 e. The second-order valence-electron chi connectivity index (χ2n) is 4.56. The van der Waals surface area contributed by atoms with Gasteiger partial charge in [-0.15, -0.1) is 0 Å². The highest BCUT2D eigenvalue weighted by Crippen LogP contribution is 2.21. The molecule has 0 spiro atoms. The molecule has 0 aliphatic carbocycles. The number of carboxylic acid groups (broad SMARTS) is 1. The van der Waals surface area contributed by atoms with Crippen LogP contribution in [0.3, 0.4) is 0 Å². The summed E-state index contributed by atoms with van der Waals surface area (Å²) in [7, 11) is 1.43. The lowest BCUT2D eigenvalue weighted by atomic mass is 10.1. The molecule has 0 radical (unpaired) electrons. The Hall–Kier alpha value is -2.44. The van der Waals surface area contributed by atoms with Gasteiger partial charge in [-0.05, 0) is 13.0 Å². The number of halogens is 1. The van der Waals surface area contributed by atoms with E-state index in [0.717, 1.165) is 0 Å². The monoisotopic (exact) mass is 296 g/mol. The summed E-state index contributed by atoms with van der Waals surface area (Å²) < 4.78 is 13.6. The van der Waals surface area contributed by atoms with Gasteiger partial charge in [0.25, 0.3) is 0 Å². The van der Waals surface area contributed by atoms with Gasteiger partial charge in [0, 0.05) is 19.0 Å². The van der Waals surface area contributed by atoms with Gasteiger partial charge in [0.1, 0.15) is 5.82 Å². The van der Waals surface area contributed by atoms with E-state index >= 15 is 0 Å². The summed E-state index contributed by atoms with van der Waals surface area (Å²) >= 11 is 0. The van der Waals surface area contributed by atoms with Crippen molar-refractivity contribution in [2.75, 3.05) is 7.05 Å². The molecule has 1 aromatic carbocycles. The summed E-state index contributed by atoms with van der Waals surface area (Å²) in [6.45, 7) is 1.62. The molecular weight excluding hydrogens is 279 g/mol. The first-order valence-corrected chi connectivity index (χ1v) is 6.35. The van der Waals surface area contributed by atoms with E-state index in [-0.39, 0.29) is 12.8 Å². The predicted octanol–water partition coefficient (Wildman–Crippen LogP) is 1.92. The fourth-order valence-electron chi connectivity index (χ4n) is 1.69. The number of hydrogen-bond acceptors (Lipinski definition) is 3. The molecule has 0 fully saturated rings. The topological polar surface area (TPSA) is 86.7 Å². The summed E-state index contributed by atoms with van der Waals surface area (Å²) in [6, 6.07) is 4.75. The molecule has 114 valence electrons. The lowest BCUT2D eigenvalue weighted by molar-refractivity contribution is -0.138. The van der Waals surface area contributed by atoms with Crippen LogP contribution in [-0.4, -0.2) is 35.0 Å². The molecule has 21 heavy (non-hydrogen) atoms. The van der Waals surface area contributed by atoms with Crippen molar-refractivity contribution in [3.63, 3.8) is 0 Å². The van der Waals surface area contributed by atoms with Gasteiger partial charge >= 0.3 is 12.0 Å². The normalized spacial score (nSPS) is 11.6. The van der Waals surface area contributed by atoms with Gasteiger partial charge in [-0.2, -0.15) is 0 Å². The Labute approximate surface area is 121 Å². The molecule has 6 nitrogen and oxygen atoms in total. The lowest BCUT2D eigenvalue weighted by Crippen LogP contribution is -2.42. The third kappa shape index (κ3) is 4.87. The molecular formula is C14H17FN2O4. The Bertz CT molecular complexity index is 548.